The SMILES string of the molecule is CC1CCN(Cc2cc(Cl)c3c(c2)OCCCO3)C(CN)C1. The molecular formula is C17H25ClN2O2. The predicted molar refractivity (Wildman–Crippen MR) is 88.7 cm³/mol. The molecule has 1 fully saturated rings. The molecule has 0 radical (unpaired) electrons. The number of fused-ring (bicyclic) bond motifs is 1. The number of hydrogen-bond donors (Lipinski definition) is 1. The first-order valence-electron chi connectivity index (χ1n) is 8.19. The topological polar surface area (TPSA) is 47.7 Å². The highest BCUT2D eigenvalue weighted by atomic mass is 35.5. The van der Waals surface area contributed by atoms with E-state index in [4.69, 9.17) is 26.8 Å². The largest absolute Gasteiger partial charge is 0.489 e. The smallest absolute Gasteiger partial charge is 0.179 e. The second-order valence-electron chi connectivity index (χ2n) is 6.44. The van der Waals surface area contributed by atoms with E-state index in [0.29, 0.717) is 36.6 Å². The van der Waals surface area contributed by atoms with Crippen molar-refractivity contribution < 1.29 is 9.47 Å². The number of rotatable bonds is 3. The summed E-state index contributed by atoms with van der Waals surface area (Å²) < 4.78 is 11.5. The summed E-state index contributed by atoms with van der Waals surface area (Å²) in [4.78, 5) is 2.47. The van der Waals surface area contributed by atoms with Crippen LogP contribution in [0, 0.1) is 5.92 Å². The highest BCUT2D eigenvalue weighted by molar-refractivity contribution is 6.32. The van der Waals surface area contributed by atoms with Crippen molar-refractivity contribution in [1.29, 1.82) is 0 Å². The number of benzene rings is 1. The number of nitrogens with two attached hydrogens (primary N) is 1. The molecule has 0 bridgehead atoms. The van der Waals surface area contributed by atoms with Gasteiger partial charge >= 0.3 is 0 Å². The number of piperidine rings is 1. The highest BCUT2D eigenvalue weighted by Crippen LogP contribution is 2.38. The molecule has 0 aromatic heterocycles. The monoisotopic (exact) mass is 324 g/mol. The van der Waals surface area contributed by atoms with Crippen molar-refractivity contribution in [3.05, 3.63) is 22.7 Å². The van der Waals surface area contributed by atoms with Gasteiger partial charge in [-0.3, -0.25) is 4.90 Å². The number of hydrogen-bond acceptors (Lipinski definition) is 4. The molecule has 3 rings (SSSR count). The lowest BCUT2D eigenvalue weighted by Gasteiger charge is -2.38. The molecule has 0 spiro atoms. The van der Waals surface area contributed by atoms with Gasteiger partial charge in [0.1, 0.15) is 0 Å². The average Bonchev–Trinajstić information content (AvgIpc) is 2.75. The van der Waals surface area contributed by atoms with Crippen LogP contribution in [0.5, 0.6) is 11.5 Å². The Morgan fingerprint density at radius 1 is 1.32 bits per heavy atom. The van der Waals surface area contributed by atoms with Crippen LogP contribution in [0.2, 0.25) is 5.02 Å². The molecular weight excluding hydrogens is 300 g/mol. The minimum absolute atomic E-state index is 0.457. The van der Waals surface area contributed by atoms with Crippen molar-refractivity contribution >= 4 is 11.6 Å². The van der Waals surface area contributed by atoms with Gasteiger partial charge in [0.25, 0.3) is 0 Å². The predicted octanol–water partition coefficient (Wildman–Crippen LogP) is 3.06. The Morgan fingerprint density at radius 2 is 2.14 bits per heavy atom. The van der Waals surface area contributed by atoms with Crippen molar-refractivity contribution in [3.63, 3.8) is 0 Å². The van der Waals surface area contributed by atoms with Crippen molar-refractivity contribution in [2.45, 2.75) is 38.8 Å². The zero-order valence-electron chi connectivity index (χ0n) is 13.2. The third kappa shape index (κ3) is 3.50. The maximum absolute atomic E-state index is 6.38. The third-order valence-corrected chi connectivity index (χ3v) is 4.90. The Morgan fingerprint density at radius 3 is 2.95 bits per heavy atom. The van der Waals surface area contributed by atoms with Gasteiger partial charge in [0.2, 0.25) is 0 Å². The Kier molecular flexibility index (Phi) is 5.11. The molecule has 4 nitrogen and oxygen atoms in total. The van der Waals surface area contributed by atoms with Crippen LogP contribution in [0.3, 0.4) is 0 Å². The quantitative estimate of drug-likeness (QED) is 0.928. The zero-order valence-corrected chi connectivity index (χ0v) is 13.9. The molecule has 1 aromatic rings. The van der Waals surface area contributed by atoms with E-state index in [-0.39, 0.29) is 0 Å². The van der Waals surface area contributed by atoms with Gasteiger partial charge in [-0.15, -0.1) is 0 Å². The Labute approximate surface area is 137 Å². The van der Waals surface area contributed by atoms with Gasteiger partial charge in [0.15, 0.2) is 11.5 Å². The number of nitrogens with zero attached hydrogens (tertiary/aromatic N) is 1. The van der Waals surface area contributed by atoms with Crippen molar-refractivity contribution in [1.82, 2.24) is 4.90 Å². The van der Waals surface area contributed by atoms with E-state index in [2.05, 4.69) is 17.9 Å². The van der Waals surface area contributed by atoms with Gasteiger partial charge < -0.3 is 15.2 Å². The molecule has 1 aromatic carbocycles. The molecule has 2 aliphatic heterocycles. The lowest BCUT2D eigenvalue weighted by molar-refractivity contribution is 0.115. The summed E-state index contributed by atoms with van der Waals surface area (Å²) in [7, 11) is 0. The first-order valence-corrected chi connectivity index (χ1v) is 8.57. The number of ether oxygens (including phenoxy) is 2. The summed E-state index contributed by atoms with van der Waals surface area (Å²) in [5.74, 6) is 2.22. The van der Waals surface area contributed by atoms with Crippen molar-refractivity contribution in [3.8, 4) is 11.5 Å². The molecule has 2 unspecified atom stereocenters. The molecule has 2 atom stereocenters. The summed E-state index contributed by atoms with van der Waals surface area (Å²) >= 11 is 6.38. The van der Waals surface area contributed by atoms with Crippen LogP contribution in [-0.4, -0.2) is 37.2 Å². The normalized spacial score (nSPS) is 25.8. The fourth-order valence-corrected chi connectivity index (χ4v) is 3.65. The molecule has 0 aliphatic carbocycles. The minimum atomic E-state index is 0.457. The maximum atomic E-state index is 6.38. The van der Waals surface area contributed by atoms with E-state index < -0.39 is 0 Å². The maximum Gasteiger partial charge on any atom is 0.179 e. The molecule has 1 saturated heterocycles. The average molecular weight is 325 g/mol. The summed E-state index contributed by atoms with van der Waals surface area (Å²) in [6.07, 6.45) is 3.29. The lowest BCUT2D eigenvalue weighted by Crippen LogP contribution is -2.45. The van der Waals surface area contributed by atoms with E-state index in [9.17, 15) is 0 Å². The molecule has 2 aliphatic rings. The molecule has 122 valence electrons. The summed E-state index contributed by atoms with van der Waals surface area (Å²) in [5, 5.41) is 0.643. The van der Waals surface area contributed by atoms with Gasteiger partial charge in [0.05, 0.1) is 18.2 Å². The molecule has 0 amide bonds. The van der Waals surface area contributed by atoms with Crippen molar-refractivity contribution in [2.75, 3.05) is 26.3 Å². The molecule has 0 saturated carbocycles. The molecule has 5 heteroatoms. The van der Waals surface area contributed by atoms with E-state index in [1.54, 1.807) is 0 Å². The lowest BCUT2D eigenvalue weighted by atomic mass is 9.92. The summed E-state index contributed by atoms with van der Waals surface area (Å²) in [5.41, 5.74) is 7.13. The van der Waals surface area contributed by atoms with Crippen LogP contribution in [-0.2, 0) is 6.54 Å². The van der Waals surface area contributed by atoms with Gasteiger partial charge in [-0.2, -0.15) is 0 Å². The van der Waals surface area contributed by atoms with Gasteiger partial charge in [-0.05, 0) is 43.0 Å². The minimum Gasteiger partial charge on any atom is -0.489 e. The third-order valence-electron chi connectivity index (χ3n) is 4.62. The first-order chi connectivity index (χ1) is 10.7. The van der Waals surface area contributed by atoms with E-state index in [1.165, 1.54) is 18.4 Å². The fourth-order valence-electron chi connectivity index (χ4n) is 3.36. The van der Waals surface area contributed by atoms with E-state index >= 15 is 0 Å². The second-order valence-corrected chi connectivity index (χ2v) is 6.85. The molecule has 22 heavy (non-hydrogen) atoms. The Balaban J connectivity index is 1.77. The summed E-state index contributed by atoms with van der Waals surface area (Å²) in [6.45, 7) is 6.32. The fraction of sp³-hybridized carbons (Fsp3) is 0.647. The standard InChI is InChI=1S/C17H25ClN2O2/c1-12-3-4-20(14(7-12)10-19)11-13-8-15(18)17-16(9-13)21-5-2-6-22-17/h8-9,12,14H,2-7,10-11,19H2,1H3. The highest BCUT2D eigenvalue weighted by Gasteiger charge is 2.26. The summed E-state index contributed by atoms with van der Waals surface area (Å²) in [6, 6.07) is 4.53. The van der Waals surface area contributed by atoms with Crippen LogP contribution in [0.1, 0.15) is 31.7 Å². The Bertz CT molecular complexity index is 524. The van der Waals surface area contributed by atoms with Gasteiger partial charge in [-0.25, -0.2) is 0 Å². The molecule has 2 heterocycles. The second kappa shape index (κ2) is 7.07. The Hall–Kier alpha value is -0.970. The van der Waals surface area contributed by atoms with Crippen LogP contribution in [0.4, 0.5) is 0 Å². The first kappa shape index (κ1) is 15.9. The van der Waals surface area contributed by atoms with Crippen LogP contribution in [0.25, 0.3) is 0 Å². The van der Waals surface area contributed by atoms with Crippen molar-refractivity contribution in [2.24, 2.45) is 11.7 Å². The van der Waals surface area contributed by atoms with E-state index in [0.717, 1.165) is 31.2 Å². The van der Waals surface area contributed by atoms with Crippen LogP contribution in [0.15, 0.2) is 12.1 Å². The van der Waals surface area contributed by atoms with E-state index in [1.807, 2.05) is 6.07 Å². The number of halogens is 1. The van der Waals surface area contributed by atoms with Gasteiger partial charge in [-0.1, -0.05) is 18.5 Å². The molecule has 2 N–H and O–H groups in total. The van der Waals surface area contributed by atoms with Gasteiger partial charge in [0, 0.05) is 25.6 Å². The van der Waals surface area contributed by atoms with Crippen LogP contribution >= 0.6 is 11.6 Å². The van der Waals surface area contributed by atoms with Crippen LogP contribution < -0.4 is 15.2 Å². The number of likely N-dealkylation sites (tertiary alicyclic amines) is 1. The zero-order chi connectivity index (χ0) is 15.5.